The molecule has 1 aromatic rings. The average molecular weight is 354 g/mol. The highest BCUT2D eigenvalue weighted by Gasteiger charge is 2.14. The van der Waals surface area contributed by atoms with Gasteiger partial charge >= 0.3 is 0 Å². The molecule has 0 saturated heterocycles. The molecule has 0 fully saturated rings. The molecule has 0 saturated carbocycles. The number of hydrogen-bond donors (Lipinski definition) is 1. The summed E-state index contributed by atoms with van der Waals surface area (Å²) in [5, 5.41) is 4.17. The van der Waals surface area contributed by atoms with Crippen molar-refractivity contribution in [2.75, 3.05) is 19.0 Å². The van der Waals surface area contributed by atoms with Crippen LogP contribution in [0.4, 0.5) is 5.69 Å². The van der Waals surface area contributed by atoms with Crippen LogP contribution in [-0.2, 0) is 4.74 Å². The molecule has 0 heterocycles. The van der Waals surface area contributed by atoms with Gasteiger partial charge in [0.15, 0.2) is 0 Å². The van der Waals surface area contributed by atoms with Crippen molar-refractivity contribution in [2.45, 2.75) is 19.9 Å². The largest absolute Gasteiger partial charge is 0.383 e. The predicted molar refractivity (Wildman–Crippen MR) is 78.3 cm³/mol. The lowest BCUT2D eigenvalue weighted by Crippen LogP contribution is -2.30. The summed E-state index contributed by atoms with van der Waals surface area (Å²) in [6.07, 6.45) is 0. The first-order valence-electron chi connectivity index (χ1n) is 5.25. The first kappa shape index (κ1) is 14.1. The molecule has 4 heteroatoms. The minimum absolute atomic E-state index is 0.280. The van der Waals surface area contributed by atoms with Crippen LogP contribution in [0.15, 0.2) is 18.2 Å². The van der Waals surface area contributed by atoms with Crippen molar-refractivity contribution in [3.8, 4) is 0 Å². The number of nitrogens with one attached hydrogen (secondary N) is 1. The molecule has 0 amide bonds. The summed E-state index contributed by atoms with van der Waals surface area (Å²) in [7, 11) is 1.71. The van der Waals surface area contributed by atoms with Gasteiger partial charge < -0.3 is 10.1 Å². The van der Waals surface area contributed by atoms with Crippen LogP contribution in [0.3, 0.4) is 0 Å². The first-order valence-corrected chi connectivity index (χ1v) is 6.70. The van der Waals surface area contributed by atoms with Crippen LogP contribution < -0.4 is 5.32 Å². The Hall–Kier alpha value is -0.0000000000000000555. The topological polar surface area (TPSA) is 21.3 Å². The summed E-state index contributed by atoms with van der Waals surface area (Å²) < 4.78 is 6.33. The summed E-state index contributed by atoms with van der Waals surface area (Å²) in [6.45, 7) is 5.01. The molecule has 0 aliphatic rings. The highest BCUT2D eigenvalue weighted by molar-refractivity contribution is 14.1. The van der Waals surface area contributed by atoms with E-state index in [0.29, 0.717) is 12.5 Å². The second kappa shape index (κ2) is 6.67. The number of benzene rings is 1. The van der Waals surface area contributed by atoms with Crippen LogP contribution in [0.2, 0.25) is 5.02 Å². The number of hydrogen-bond acceptors (Lipinski definition) is 2. The van der Waals surface area contributed by atoms with E-state index in [-0.39, 0.29) is 6.04 Å². The lowest BCUT2D eigenvalue weighted by molar-refractivity contribution is 0.171. The van der Waals surface area contributed by atoms with Gasteiger partial charge in [0.25, 0.3) is 0 Å². The van der Waals surface area contributed by atoms with E-state index in [1.807, 2.05) is 18.2 Å². The number of halogens is 2. The molecule has 1 atom stereocenters. The highest BCUT2D eigenvalue weighted by atomic mass is 127. The first-order chi connectivity index (χ1) is 7.54. The maximum absolute atomic E-state index is 6.17. The Kier molecular flexibility index (Phi) is 5.86. The molecule has 0 aliphatic carbocycles. The third kappa shape index (κ3) is 4.11. The Bertz CT molecular complexity index is 344. The normalized spacial score (nSPS) is 12.9. The van der Waals surface area contributed by atoms with Crippen molar-refractivity contribution in [3.63, 3.8) is 0 Å². The van der Waals surface area contributed by atoms with E-state index in [4.69, 9.17) is 16.3 Å². The fraction of sp³-hybridized carbons (Fsp3) is 0.500. The fourth-order valence-corrected chi connectivity index (χ4v) is 2.30. The summed E-state index contributed by atoms with van der Waals surface area (Å²) in [6, 6.07) is 6.28. The predicted octanol–water partition coefficient (Wildman–Crippen LogP) is 4.03. The van der Waals surface area contributed by atoms with Gasteiger partial charge in [-0.1, -0.05) is 25.4 Å². The average Bonchev–Trinajstić information content (AvgIpc) is 2.20. The Balaban J connectivity index is 2.77. The quantitative estimate of drug-likeness (QED) is 0.807. The maximum atomic E-state index is 6.17. The van der Waals surface area contributed by atoms with Crippen LogP contribution in [0.25, 0.3) is 0 Å². The van der Waals surface area contributed by atoms with Gasteiger partial charge in [0, 0.05) is 10.7 Å². The molecule has 1 unspecified atom stereocenters. The fourth-order valence-electron chi connectivity index (χ4n) is 1.39. The maximum Gasteiger partial charge on any atom is 0.0666 e. The third-order valence-electron chi connectivity index (χ3n) is 2.42. The Morgan fingerprint density at radius 3 is 2.62 bits per heavy atom. The Morgan fingerprint density at radius 1 is 1.44 bits per heavy atom. The number of rotatable bonds is 5. The van der Waals surface area contributed by atoms with Gasteiger partial charge in [-0.15, -0.1) is 0 Å². The molecular formula is C12H17ClINO. The Morgan fingerprint density at radius 2 is 2.12 bits per heavy atom. The molecule has 1 aromatic carbocycles. The second-order valence-electron chi connectivity index (χ2n) is 4.07. The third-order valence-corrected chi connectivity index (χ3v) is 3.41. The SMILES string of the molecule is COCC(Nc1ccc(I)cc1Cl)C(C)C. The van der Waals surface area contributed by atoms with Crippen molar-refractivity contribution >= 4 is 39.9 Å². The molecule has 16 heavy (non-hydrogen) atoms. The summed E-state index contributed by atoms with van der Waals surface area (Å²) in [5.41, 5.74) is 0.970. The zero-order valence-corrected chi connectivity index (χ0v) is 12.7. The van der Waals surface area contributed by atoms with E-state index >= 15 is 0 Å². The van der Waals surface area contributed by atoms with Gasteiger partial charge in [-0.25, -0.2) is 0 Å². The molecule has 0 aliphatic heterocycles. The molecular weight excluding hydrogens is 336 g/mol. The molecule has 90 valence electrons. The van der Waals surface area contributed by atoms with Crippen LogP contribution in [0.1, 0.15) is 13.8 Å². The highest BCUT2D eigenvalue weighted by Crippen LogP contribution is 2.25. The van der Waals surface area contributed by atoms with Gasteiger partial charge in [0.1, 0.15) is 0 Å². The smallest absolute Gasteiger partial charge is 0.0666 e. The van der Waals surface area contributed by atoms with E-state index in [1.165, 1.54) is 0 Å². The minimum Gasteiger partial charge on any atom is -0.383 e. The molecule has 0 spiro atoms. The summed E-state index contributed by atoms with van der Waals surface area (Å²) in [5.74, 6) is 0.496. The summed E-state index contributed by atoms with van der Waals surface area (Å²) >= 11 is 8.42. The number of ether oxygens (including phenoxy) is 1. The second-order valence-corrected chi connectivity index (χ2v) is 5.73. The van der Waals surface area contributed by atoms with Crippen LogP contribution in [-0.4, -0.2) is 19.8 Å². The standard InChI is InChI=1S/C12H17ClINO/c1-8(2)12(7-16-3)15-11-5-4-9(14)6-10(11)13/h4-6,8,12,15H,7H2,1-3H3. The monoisotopic (exact) mass is 353 g/mol. The van der Waals surface area contributed by atoms with Crippen LogP contribution >= 0.6 is 34.2 Å². The lowest BCUT2D eigenvalue weighted by atomic mass is 10.1. The van der Waals surface area contributed by atoms with Crippen molar-refractivity contribution in [2.24, 2.45) is 5.92 Å². The zero-order chi connectivity index (χ0) is 12.1. The zero-order valence-electron chi connectivity index (χ0n) is 9.76. The molecule has 1 N–H and O–H groups in total. The molecule has 2 nitrogen and oxygen atoms in total. The van der Waals surface area contributed by atoms with Crippen molar-refractivity contribution in [3.05, 3.63) is 26.8 Å². The van der Waals surface area contributed by atoms with Crippen LogP contribution in [0.5, 0.6) is 0 Å². The molecule has 0 radical (unpaired) electrons. The van der Waals surface area contributed by atoms with Crippen LogP contribution in [0, 0.1) is 9.49 Å². The van der Waals surface area contributed by atoms with E-state index < -0.39 is 0 Å². The van der Waals surface area contributed by atoms with E-state index in [2.05, 4.69) is 41.8 Å². The number of methoxy groups -OCH3 is 1. The van der Waals surface area contributed by atoms with Crippen molar-refractivity contribution in [1.82, 2.24) is 0 Å². The van der Waals surface area contributed by atoms with E-state index in [1.54, 1.807) is 7.11 Å². The van der Waals surface area contributed by atoms with E-state index in [9.17, 15) is 0 Å². The van der Waals surface area contributed by atoms with Gasteiger partial charge in [-0.05, 0) is 46.7 Å². The van der Waals surface area contributed by atoms with Gasteiger partial charge in [0.2, 0.25) is 0 Å². The summed E-state index contributed by atoms with van der Waals surface area (Å²) in [4.78, 5) is 0. The lowest BCUT2D eigenvalue weighted by Gasteiger charge is -2.23. The Labute approximate surface area is 116 Å². The molecule has 0 bridgehead atoms. The minimum atomic E-state index is 0.280. The van der Waals surface area contributed by atoms with Gasteiger partial charge in [0.05, 0.1) is 23.4 Å². The number of anilines is 1. The van der Waals surface area contributed by atoms with Crippen molar-refractivity contribution in [1.29, 1.82) is 0 Å². The van der Waals surface area contributed by atoms with Crippen molar-refractivity contribution < 1.29 is 4.74 Å². The molecule has 1 rings (SSSR count). The van der Waals surface area contributed by atoms with E-state index in [0.717, 1.165) is 14.3 Å². The van der Waals surface area contributed by atoms with Gasteiger partial charge in [-0.2, -0.15) is 0 Å². The molecule has 0 aromatic heterocycles. The van der Waals surface area contributed by atoms with Gasteiger partial charge in [-0.3, -0.25) is 0 Å².